The van der Waals surface area contributed by atoms with Crippen molar-refractivity contribution in [1.29, 1.82) is 0 Å². The highest BCUT2D eigenvalue weighted by molar-refractivity contribution is 5.36. The molecule has 0 heterocycles. The molecule has 1 aromatic rings. The lowest BCUT2D eigenvalue weighted by atomic mass is 9.86. The van der Waals surface area contributed by atoms with E-state index in [1.807, 2.05) is 12.1 Å². The summed E-state index contributed by atoms with van der Waals surface area (Å²) in [5.41, 5.74) is 1.38. The SMILES string of the molecule is O=[N+]([O-])c1cccc(C2CCCCCCC2)c1. The van der Waals surface area contributed by atoms with Gasteiger partial charge in [-0.2, -0.15) is 0 Å². The second-order valence-corrected chi connectivity index (χ2v) is 4.89. The van der Waals surface area contributed by atoms with Gasteiger partial charge in [0.2, 0.25) is 0 Å². The number of hydrogen-bond acceptors (Lipinski definition) is 2. The van der Waals surface area contributed by atoms with Crippen molar-refractivity contribution >= 4 is 5.69 Å². The third-order valence-corrected chi connectivity index (χ3v) is 3.66. The Balaban J connectivity index is 2.13. The van der Waals surface area contributed by atoms with Gasteiger partial charge in [-0.15, -0.1) is 0 Å². The summed E-state index contributed by atoms with van der Waals surface area (Å²) in [5.74, 6) is 0.523. The first kappa shape index (κ1) is 12.1. The summed E-state index contributed by atoms with van der Waals surface area (Å²) in [5, 5.41) is 10.8. The van der Waals surface area contributed by atoms with Gasteiger partial charge in [0.15, 0.2) is 0 Å². The highest BCUT2D eigenvalue weighted by atomic mass is 16.6. The Morgan fingerprint density at radius 3 is 2.35 bits per heavy atom. The molecule has 0 radical (unpaired) electrons. The molecule has 0 amide bonds. The number of nitro groups is 1. The maximum Gasteiger partial charge on any atom is 0.269 e. The molecule has 0 spiro atoms. The van der Waals surface area contributed by atoms with Gasteiger partial charge in [0.1, 0.15) is 0 Å². The molecule has 1 fully saturated rings. The van der Waals surface area contributed by atoms with E-state index in [9.17, 15) is 10.1 Å². The van der Waals surface area contributed by atoms with Crippen molar-refractivity contribution in [3.8, 4) is 0 Å². The lowest BCUT2D eigenvalue weighted by Gasteiger charge is -2.19. The Labute approximate surface area is 102 Å². The molecule has 0 aliphatic heterocycles. The number of hydrogen-bond donors (Lipinski definition) is 0. The Morgan fingerprint density at radius 1 is 1.06 bits per heavy atom. The molecule has 2 rings (SSSR count). The van der Waals surface area contributed by atoms with Crippen LogP contribution >= 0.6 is 0 Å². The van der Waals surface area contributed by atoms with Gasteiger partial charge in [0.25, 0.3) is 5.69 Å². The van der Waals surface area contributed by atoms with E-state index in [4.69, 9.17) is 0 Å². The van der Waals surface area contributed by atoms with Crippen molar-refractivity contribution in [2.75, 3.05) is 0 Å². The quantitative estimate of drug-likeness (QED) is 0.560. The summed E-state index contributed by atoms with van der Waals surface area (Å²) in [6.07, 6.45) is 8.85. The fourth-order valence-electron chi connectivity index (χ4n) is 2.68. The van der Waals surface area contributed by atoms with E-state index in [1.165, 1.54) is 44.9 Å². The zero-order chi connectivity index (χ0) is 12.1. The molecular weight excluding hydrogens is 214 g/mol. The average Bonchev–Trinajstić information content (AvgIpc) is 2.28. The molecule has 3 heteroatoms. The van der Waals surface area contributed by atoms with Crippen molar-refractivity contribution in [2.24, 2.45) is 0 Å². The van der Waals surface area contributed by atoms with Gasteiger partial charge in [0, 0.05) is 12.1 Å². The van der Waals surface area contributed by atoms with Gasteiger partial charge in [-0.1, -0.05) is 44.2 Å². The Kier molecular flexibility index (Phi) is 4.13. The summed E-state index contributed by atoms with van der Waals surface area (Å²) >= 11 is 0. The first-order valence-corrected chi connectivity index (χ1v) is 6.52. The van der Waals surface area contributed by atoms with Crippen LogP contribution in [-0.2, 0) is 0 Å². The summed E-state index contributed by atoms with van der Waals surface area (Å²) in [4.78, 5) is 10.5. The topological polar surface area (TPSA) is 43.1 Å². The Bertz CT molecular complexity index is 382. The zero-order valence-electron chi connectivity index (χ0n) is 10.1. The smallest absolute Gasteiger partial charge is 0.258 e. The highest BCUT2D eigenvalue weighted by Gasteiger charge is 2.15. The van der Waals surface area contributed by atoms with E-state index >= 15 is 0 Å². The van der Waals surface area contributed by atoms with Gasteiger partial charge >= 0.3 is 0 Å². The highest BCUT2D eigenvalue weighted by Crippen LogP contribution is 2.32. The van der Waals surface area contributed by atoms with Crippen LogP contribution in [-0.4, -0.2) is 4.92 Å². The molecule has 1 aliphatic rings. The fourth-order valence-corrected chi connectivity index (χ4v) is 2.68. The largest absolute Gasteiger partial charge is 0.269 e. The van der Waals surface area contributed by atoms with Crippen LogP contribution in [0.25, 0.3) is 0 Å². The molecule has 0 unspecified atom stereocenters. The van der Waals surface area contributed by atoms with Crippen LogP contribution < -0.4 is 0 Å². The predicted molar refractivity (Wildman–Crippen MR) is 68.2 cm³/mol. The molecule has 0 aromatic heterocycles. The summed E-state index contributed by atoms with van der Waals surface area (Å²) in [6, 6.07) is 7.18. The molecule has 1 aliphatic carbocycles. The van der Waals surface area contributed by atoms with E-state index in [-0.39, 0.29) is 10.6 Å². The van der Waals surface area contributed by atoms with Crippen LogP contribution in [0.3, 0.4) is 0 Å². The molecule has 0 bridgehead atoms. The van der Waals surface area contributed by atoms with Crippen LogP contribution in [0.2, 0.25) is 0 Å². The molecule has 1 saturated carbocycles. The van der Waals surface area contributed by atoms with E-state index in [2.05, 4.69) is 0 Å². The number of nitro benzene ring substituents is 1. The predicted octanol–water partition coefficient (Wildman–Crippen LogP) is 4.42. The standard InChI is InChI=1S/C14H19NO2/c16-15(17)14-10-6-9-13(11-14)12-7-4-2-1-3-5-8-12/h6,9-12H,1-5,7-8H2. The number of rotatable bonds is 2. The third-order valence-electron chi connectivity index (χ3n) is 3.66. The minimum Gasteiger partial charge on any atom is -0.258 e. The third kappa shape index (κ3) is 3.29. The summed E-state index contributed by atoms with van der Waals surface area (Å²) in [7, 11) is 0. The lowest BCUT2D eigenvalue weighted by Crippen LogP contribution is -2.02. The second-order valence-electron chi connectivity index (χ2n) is 4.89. The molecule has 17 heavy (non-hydrogen) atoms. The van der Waals surface area contributed by atoms with Crippen LogP contribution in [0.5, 0.6) is 0 Å². The minimum absolute atomic E-state index is 0.226. The van der Waals surface area contributed by atoms with Crippen molar-refractivity contribution < 1.29 is 4.92 Å². The van der Waals surface area contributed by atoms with E-state index in [0.717, 1.165) is 5.56 Å². The van der Waals surface area contributed by atoms with Crippen LogP contribution in [0.15, 0.2) is 24.3 Å². The van der Waals surface area contributed by atoms with Gasteiger partial charge in [-0.25, -0.2) is 0 Å². The maximum absolute atomic E-state index is 10.8. The molecule has 3 nitrogen and oxygen atoms in total. The molecule has 1 aromatic carbocycles. The van der Waals surface area contributed by atoms with Crippen LogP contribution in [0.1, 0.15) is 56.4 Å². The number of nitrogens with zero attached hydrogens (tertiary/aromatic N) is 1. The molecule has 92 valence electrons. The lowest BCUT2D eigenvalue weighted by molar-refractivity contribution is -0.384. The van der Waals surface area contributed by atoms with Crippen molar-refractivity contribution in [1.82, 2.24) is 0 Å². The van der Waals surface area contributed by atoms with Crippen molar-refractivity contribution in [3.63, 3.8) is 0 Å². The Morgan fingerprint density at radius 2 is 1.71 bits per heavy atom. The zero-order valence-corrected chi connectivity index (χ0v) is 10.1. The van der Waals surface area contributed by atoms with Crippen molar-refractivity contribution in [2.45, 2.75) is 50.9 Å². The van der Waals surface area contributed by atoms with Gasteiger partial charge in [-0.05, 0) is 24.3 Å². The molecule has 0 N–H and O–H groups in total. The Hall–Kier alpha value is -1.38. The molecule has 0 saturated heterocycles. The van der Waals surface area contributed by atoms with E-state index in [1.54, 1.807) is 12.1 Å². The van der Waals surface area contributed by atoms with Gasteiger partial charge in [-0.3, -0.25) is 10.1 Å². The van der Waals surface area contributed by atoms with Crippen LogP contribution in [0.4, 0.5) is 5.69 Å². The first-order valence-electron chi connectivity index (χ1n) is 6.52. The number of non-ortho nitro benzene ring substituents is 1. The summed E-state index contributed by atoms with van der Waals surface area (Å²) < 4.78 is 0. The van der Waals surface area contributed by atoms with Gasteiger partial charge < -0.3 is 0 Å². The maximum atomic E-state index is 10.8. The summed E-state index contributed by atoms with van der Waals surface area (Å²) in [6.45, 7) is 0. The molecular formula is C14H19NO2. The van der Waals surface area contributed by atoms with Crippen molar-refractivity contribution in [3.05, 3.63) is 39.9 Å². The first-order chi connectivity index (χ1) is 8.27. The van der Waals surface area contributed by atoms with E-state index < -0.39 is 0 Å². The van der Waals surface area contributed by atoms with Gasteiger partial charge in [0.05, 0.1) is 4.92 Å². The second kappa shape index (κ2) is 5.80. The monoisotopic (exact) mass is 233 g/mol. The van der Waals surface area contributed by atoms with Crippen LogP contribution in [0, 0.1) is 10.1 Å². The normalized spacial score (nSPS) is 18.4. The number of benzene rings is 1. The molecule has 0 atom stereocenters. The minimum atomic E-state index is -0.299. The van der Waals surface area contributed by atoms with E-state index in [0.29, 0.717) is 5.92 Å². The fraction of sp³-hybridized carbons (Fsp3) is 0.571. The average molecular weight is 233 g/mol.